The maximum atomic E-state index is 2.70. The van der Waals surface area contributed by atoms with E-state index < -0.39 is 0 Å². The predicted molar refractivity (Wildman–Crippen MR) is 74.2 cm³/mol. The van der Waals surface area contributed by atoms with Gasteiger partial charge in [-0.05, 0) is 57.3 Å². The van der Waals surface area contributed by atoms with Gasteiger partial charge in [0.05, 0.1) is 0 Å². The molecule has 2 fully saturated rings. The second kappa shape index (κ2) is 5.71. The van der Waals surface area contributed by atoms with E-state index in [4.69, 9.17) is 0 Å². The molecular weight excluding hydrogens is 208 g/mol. The molecule has 2 rings (SSSR count). The van der Waals surface area contributed by atoms with Gasteiger partial charge in [-0.1, -0.05) is 27.7 Å². The lowest BCUT2D eigenvalue weighted by Gasteiger charge is -2.39. The van der Waals surface area contributed by atoms with Crippen molar-refractivity contribution < 1.29 is 0 Å². The van der Waals surface area contributed by atoms with E-state index in [0.29, 0.717) is 0 Å². The van der Waals surface area contributed by atoms with E-state index in [1.54, 1.807) is 0 Å². The minimum absolute atomic E-state index is 0.904. The van der Waals surface area contributed by atoms with Crippen molar-refractivity contribution in [2.24, 2.45) is 11.8 Å². The Morgan fingerprint density at radius 1 is 0.647 bits per heavy atom. The van der Waals surface area contributed by atoms with Gasteiger partial charge < -0.3 is 9.80 Å². The number of rotatable bonds is 6. The second-order valence-electron chi connectivity index (χ2n) is 5.80. The molecule has 0 heterocycles. The summed E-state index contributed by atoms with van der Waals surface area (Å²) >= 11 is 0. The van der Waals surface area contributed by atoms with E-state index in [2.05, 4.69) is 37.5 Å². The lowest BCUT2D eigenvalue weighted by Crippen LogP contribution is -2.45. The summed E-state index contributed by atoms with van der Waals surface area (Å²) in [6, 6.07) is 1.81. The summed E-state index contributed by atoms with van der Waals surface area (Å²) in [6.45, 7) is 14.2. The van der Waals surface area contributed by atoms with Crippen LogP contribution in [0, 0.1) is 11.8 Å². The van der Waals surface area contributed by atoms with Crippen molar-refractivity contribution in [3.63, 3.8) is 0 Å². The van der Waals surface area contributed by atoms with Gasteiger partial charge in [0.15, 0.2) is 0 Å². The third kappa shape index (κ3) is 2.39. The van der Waals surface area contributed by atoms with E-state index >= 15 is 0 Å². The number of hydrogen-bond acceptors (Lipinski definition) is 2. The van der Waals surface area contributed by atoms with Gasteiger partial charge in [-0.25, -0.2) is 0 Å². The molecule has 0 aromatic heterocycles. The predicted octanol–water partition coefficient (Wildman–Crippen LogP) is 2.84. The Bertz CT molecular complexity index is 209. The van der Waals surface area contributed by atoms with Crippen molar-refractivity contribution in [3.05, 3.63) is 0 Å². The Balaban J connectivity index is 1.95. The summed E-state index contributed by atoms with van der Waals surface area (Å²) in [5, 5.41) is 0. The number of fused-ring (bicyclic) bond motifs is 2. The second-order valence-corrected chi connectivity index (χ2v) is 5.80. The Hall–Kier alpha value is -0.0800. The normalized spacial score (nSPS) is 36.4. The number of hydrogen-bond donors (Lipinski definition) is 0. The molecule has 0 unspecified atom stereocenters. The maximum absolute atomic E-state index is 2.70. The van der Waals surface area contributed by atoms with Gasteiger partial charge in [0.2, 0.25) is 0 Å². The van der Waals surface area contributed by atoms with Gasteiger partial charge in [-0.15, -0.1) is 0 Å². The monoisotopic (exact) mass is 238 g/mol. The van der Waals surface area contributed by atoms with Crippen molar-refractivity contribution >= 4 is 0 Å². The lowest BCUT2D eigenvalue weighted by atomic mass is 9.89. The molecule has 0 aromatic rings. The zero-order chi connectivity index (χ0) is 12.4. The molecule has 2 nitrogen and oxygen atoms in total. The molecule has 0 aromatic carbocycles. The Kier molecular flexibility index (Phi) is 4.48. The van der Waals surface area contributed by atoms with Crippen LogP contribution in [0.3, 0.4) is 0 Å². The molecule has 4 atom stereocenters. The van der Waals surface area contributed by atoms with Crippen LogP contribution in [-0.2, 0) is 0 Å². The first-order valence-corrected chi connectivity index (χ1v) is 7.73. The first-order valence-electron chi connectivity index (χ1n) is 7.73. The summed E-state index contributed by atoms with van der Waals surface area (Å²) in [6.07, 6.45) is 4.43. The highest BCUT2D eigenvalue weighted by Crippen LogP contribution is 2.48. The molecule has 0 saturated heterocycles. The van der Waals surface area contributed by atoms with Crippen LogP contribution in [0.2, 0.25) is 0 Å². The highest BCUT2D eigenvalue weighted by molar-refractivity contribution is 5.02. The first-order chi connectivity index (χ1) is 8.24. The van der Waals surface area contributed by atoms with Gasteiger partial charge in [0, 0.05) is 12.1 Å². The van der Waals surface area contributed by atoms with E-state index in [1.807, 2.05) is 0 Å². The summed E-state index contributed by atoms with van der Waals surface area (Å²) in [5.41, 5.74) is 0. The van der Waals surface area contributed by atoms with Crippen LogP contribution in [0.5, 0.6) is 0 Å². The van der Waals surface area contributed by atoms with E-state index in [-0.39, 0.29) is 0 Å². The molecule has 0 radical (unpaired) electrons. The molecule has 2 heteroatoms. The zero-order valence-corrected chi connectivity index (χ0v) is 12.2. The molecule has 2 bridgehead atoms. The highest BCUT2D eigenvalue weighted by Gasteiger charge is 2.48. The lowest BCUT2D eigenvalue weighted by molar-refractivity contribution is 0.0976. The Morgan fingerprint density at radius 2 is 1.00 bits per heavy atom. The molecule has 0 spiro atoms. The van der Waals surface area contributed by atoms with E-state index in [0.717, 1.165) is 23.9 Å². The van der Waals surface area contributed by atoms with Crippen LogP contribution < -0.4 is 0 Å². The van der Waals surface area contributed by atoms with Crippen molar-refractivity contribution in [2.75, 3.05) is 26.2 Å². The van der Waals surface area contributed by atoms with Crippen LogP contribution in [0.1, 0.15) is 47.0 Å². The summed E-state index contributed by atoms with van der Waals surface area (Å²) < 4.78 is 0. The van der Waals surface area contributed by atoms with Crippen molar-refractivity contribution in [2.45, 2.75) is 59.0 Å². The molecule has 0 N–H and O–H groups in total. The summed E-state index contributed by atoms with van der Waals surface area (Å²) in [7, 11) is 0. The maximum Gasteiger partial charge on any atom is 0.0127 e. The highest BCUT2D eigenvalue weighted by atomic mass is 15.2. The smallest absolute Gasteiger partial charge is 0.0127 e. The fourth-order valence-corrected chi connectivity index (χ4v) is 4.49. The fourth-order valence-electron chi connectivity index (χ4n) is 4.49. The van der Waals surface area contributed by atoms with Gasteiger partial charge in [0.25, 0.3) is 0 Å². The Labute approximate surface area is 107 Å². The van der Waals surface area contributed by atoms with Crippen LogP contribution in [-0.4, -0.2) is 48.1 Å². The minimum atomic E-state index is 0.904. The Morgan fingerprint density at radius 3 is 1.24 bits per heavy atom. The topological polar surface area (TPSA) is 6.48 Å². The van der Waals surface area contributed by atoms with Crippen molar-refractivity contribution in [1.29, 1.82) is 0 Å². The minimum Gasteiger partial charge on any atom is -0.301 e. The molecule has 0 amide bonds. The third-order valence-electron chi connectivity index (χ3n) is 5.35. The van der Waals surface area contributed by atoms with Gasteiger partial charge in [-0.2, -0.15) is 0 Å². The molecular formula is C15H30N2. The SMILES string of the molecule is CCN(CC)[C@H]1C[C@@H]2C[C@H]1C[C@@H]2N(CC)CC. The van der Waals surface area contributed by atoms with Gasteiger partial charge >= 0.3 is 0 Å². The standard InChI is InChI=1S/C15H30N2/c1-5-16(6-2)14-10-13-9-12(14)11-15(13)17(7-3)8-4/h12-15H,5-11H2,1-4H3/t12-,13-,14-,15-/m0/s1. The van der Waals surface area contributed by atoms with Gasteiger partial charge in [-0.3, -0.25) is 0 Å². The molecule has 2 saturated carbocycles. The molecule has 0 aliphatic heterocycles. The van der Waals surface area contributed by atoms with Crippen molar-refractivity contribution in [1.82, 2.24) is 9.80 Å². The van der Waals surface area contributed by atoms with E-state index in [9.17, 15) is 0 Å². The number of nitrogens with zero attached hydrogens (tertiary/aromatic N) is 2. The largest absolute Gasteiger partial charge is 0.301 e. The first kappa shape index (κ1) is 13.4. The fraction of sp³-hybridized carbons (Fsp3) is 1.00. The average Bonchev–Trinajstić information content (AvgIpc) is 2.92. The van der Waals surface area contributed by atoms with Crippen molar-refractivity contribution in [3.8, 4) is 0 Å². The average molecular weight is 238 g/mol. The third-order valence-corrected chi connectivity index (χ3v) is 5.35. The van der Waals surface area contributed by atoms with E-state index in [1.165, 1.54) is 45.4 Å². The van der Waals surface area contributed by atoms with Crippen LogP contribution in [0.25, 0.3) is 0 Å². The summed E-state index contributed by atoms with van der Waals surface area (Å²) in [5.74, 6) is 1.98. The molecule has 2 aliphatic rings. The molecule has 2 aliphatic carbocycles. The van der Waals surface area contributed by atoms with Crippen LogP contribution in [0.15, 0.2) is 0 Å². The van der Waals surface area contributed by atoms with Gasteiger partial charge in [0.1, 0.15) is 0 Å². The van der Waals surface area contributed by atoms with Crippen LogP contribution in [0.4, 0.5) is 0 Å². The summed E-state index contributed by atoms with van der Waals surface area (Å²) in [4.78, 5) is 5.40. The zero-order valence-electron chi connectivity index (χ0n) is 12.2. The molecule has 17 heavy (non-hydrogen) atoms. The van der Waals surface area contributed by atoms with Crippen LogP contribution >= 0.6 is 0 Å². The quantitative estimate of drug-likeness (QED) is 0.702. The molecule has 100 valence electrons.